The number of likely N-dealkylation sites (N-methyl/N-ethyl adjacent to an activating group) is 1. The van der Waals surface area contributed by atoms with Crippen LogP contribution in [0.4, 0.5) is 0 Å². The Balaban J connectivity index is 2.07. The number of rotatable bonds is 2. The topological polar surface area (TPSA) is 66.6 Å². The molecule has 1 aliphatic carbocycles. The molecule has 0 radical (unpaired) electrons. The van der Waals surface area contributed by atoms with Gasteiger partial charge in [0.2, 0.25) is 11.8 Å². The molecule has 0 aromatic carbocycles. The van der Waals surface area contributed by atoms with Gasteiger partial charge in [-0.2, -0.15) is 0 Å². The van der Waals surface area contributed by atoms with Crippen LogP contribution in [-0.2, 0) is 9.59 Å². The molecule has 2 amide bonds. The fourth-order valence-electron chi connectivity index (χ4n) is 3.00. The highest BCUT2D eigenvalue weighted by Gasteiger charge is 2.42. The molecule has 18 heavy (non-hydrogen) atoms. The molecule has 102 valence electrons. The van der Waals surface area contributed by atoms with Crippen LogP contribution in [0.25, 0.3) is 0 Å². The summed E-state index contributed by atoms with van der Waals surface area (Å²) >= 11 is 0. The Labute approximate surface area is 108 Å². The zero-order chi connectivity index (χ0) is 13.2. The van der Waals surface area contributed by atoms with Crippen LogP contribution in [-0.4, -0.2) is 54.8 Å². The summed E-state index contributed by atoms with van der Waals surface area (Å²) in [6, 6.07) is 0. The lowest BCUT2D eigenvalue weighted by atomic mass is 9.73. The van der Waals surface area contributed by atoms with E-state index in [4.69, 9.17) is 5.73 Å². The van der Waals surface area contributed by atoms with Crippen molar-refractivity contribution in [2.24, 2.45) is 11.1 Å². The predicted molar refractivity (Wildman–Crippen MR) is 68.8 cm³/mol. The third kappa shape index (κ3) is 2.36. The van der Waals surface area contributed by atoms with Crippen LogP contribution in [0.5, 0.6) is 0 Å². The lowest BCUT2D eigenvalue weighted by Gasteiger charge is -2.41. The van der Waals surface area contributed by atoms with Crippen LogP contribution in [0, 0.1) is 5.41 Å². The number of nitrogens with two attached hydrogens (primary N) is 1. The molecule has 1 heterocycles. The summed E-state index contributed by atoms with van der Waals surface area (Å²) in [6.07, 6.45) is 5.09. The Morgan fingerprint density at radius 2 is 1.94 bits per heavy atom. The highest BCUT2D eigenvalue weighted by atomic mass is 16.2. The zero-order valence-electron chi connectivity index (χ0n) is 11.2. The van der Waals surface area contributed by atoms with Crippen LogP contribution in [0.3, 0.4) is 0 Å². The maximum absolute atomic E-state index is 12.6. The molecule has 0 spiro atoms. The van der Waals surface area contributed by atoms with E-state index in [1.165, 1.54) is 6.42 Å². The van der Waals surface area contributed by atoms with Gasteiger partial charge >= 0.3 is 0 Å². The van der Waals surface area contributed by atoms with E-state index in [9.17, 15) is 9.59 Å². The molecule has 2 aliphatic rings. The second-order valence-corrected chi connectivity index (χ2v) is 5.59. The van der Waals surface area contributed by atoms with Gasteiger partial charge in [-0.3, -0.25) is 9.59 Å². The maximum Gasteiger partial charge on any atom is 0.241 e. The van der Waals surface area contributed by atoms with Gasteiger partial charge in [0.1, 0.15) is 0 Å². The molecule has 5 nitrogen and oxygen atoms in total. The van der Waals surface area contributed by atoms with Crippen molar-refractivity contribution in [2.45, 2.75) is 32.1 Å². The average molecular weight is 253 g/mol. The highest BCUT2D eigenvalue weighted by molar-refractivity contribution is 5.89. The summed E-state index contributed by atoms with van der Waals surface area (Å²) in [4.78, 5) is 27.7. The van der Waals surface area contributed by atoms with Gasteiger partial charge in [0, 0.05) is 26.7 Å². The van der Waals surface area contributed by atoms with Gasteiger partial charge in [0.15, 0.2) is 0 Å². The van der Waals surface area contributed by atoms with Gasteiger partial charge in [0.05, 0.1) is 12.0 Å². The van der Waals surface area contributed by atoms with Gasteiger partial charge < -0.3 is 15.5 Å². The smallest absolute Gasteiger partial charge is 0.241 e. The quantitative estimate of drug-likeness (QED) is 0.764. The standard InChI is InChI=1S/C13H23N3O2/c1-15-7-8-16(9-11(15)17)12(18)13(10-14)5-3-2-4-6-13/h2-10,14H2,1H3. The number of carbonyl (C=O) groups excluding carboxylic acids is 2. The fourth-order valence-corrected chi connectivity index (χ4v) is 3.00. The summed E-state index contributed by atoms with van der Waals surface area (Å²) < 4.78 is 0. The van der Waals surface area contributed by atoms with Crippen LogP contribution >= 0.6 is 0 Å². The first-order valence-corrected chi connectivity index (χ1v) is 6.82. The minimum absolute atomic E-state index is 0.0255. The van der Waals surface area contributed by atoms with Crippen molar-refractivity contribution >= 4 is 11.8 Å². The number of amides is 2. The summed E-state index contributed by atoms with van der Waals surface area (Å²) in [5.74, 6) is 0.128. The first-order chi connectivity index (χ1) is 8.59. The monoisotopic (exact) mass is 253 g/mol. The SMILES string of the molecule is CN1CCN(C(=O)C2(CN)CCCCC2)CC1=O. The molecule has 0 aromatic rings. The minimum Gasteiger partial charge on any atom is -0.342 e. The van der Waals surface area contributed by atoms with Crippen molar-refractivity contribution in [1.29, 1.82) is 0 Å². The Hall–Kier alpha value is -1.10. The van der Waals surface area contributed by atoms with E-state index < -0.39 is 5.41 Å². The minimum atomic E-state index is -0.394. The van der Waals surface area contributed by atoms with Crippen LogP contribution in [0.15, 0.2) is 0 Å². The second kappa shape index (κ2) is 5.26. The Bertz CT molecular complexity index is 337. The fraction of sp³-hybridized carbons (Fsp3) is 0.846. The van der Waals surface area contributed by atoms with Crippen molar-refractivity contribution in [1.82, 2.24) is 9.80 Å². The van der Waals surface area contributed by atoms with Crippen molar-refractivity contribution in [3.8, 4) is 0 Å². The second-order valence-electron chi connectivity index (χ2n) is 5.59. The Kier molecular flexibility index (Phi) is 3.90. The molecule has 0 bridgehead atoms. The normalized spacial score (nSPS) is 24.2. The van der Waals surface area contributed by atoms with Crippen molar-refractivity contribution < 1.29 is 9.59 Å². The number of hydrogen-bond donors (Lipinski definition) is 1. The van der Waals surface area contributed by atoms with Gasteiger partial charge in [0.25, 0.3) is 0 Å². The Morgan fingerprint density at radius 1 is 1.28 bits per heavy atom. The van der Waals surface area contributed by atoms with Crippen LogP contribution in [0.2, 0.25) is 0 Å². The Morgan fingerprint density at radius 3 is 2.50 bits per heavy atom. The molecule has 2 N–H and O–H groups in total. The molecular formula is C13H23N3O2. The van der Waals surface area contributed by atoms with Crippen LogP contribution < -0.4 is 5.73 Å². The van der Waals surface area contributed by atoms with E-state index in [0.29, 0.717) is 19.6 Å². The summed E-state index contributed by atoms with van der Waals surface area (Å²) in [5.41, 5.74) is 5.47. The van der Waals surface area contributed by atoms with E-state index in [-0.39, 0.29) is 18.4 Å². The molecule has 0 atom stereocenters. The molecule has 0 aromatic heterocycles. The lowest BCUT2D eigenvalue weighted by molar-refractivity contribution is -0.152. The largest absolute Gasteiger partial charge is 0.342 e. The molecular weight excluding hydrogens is 230 g/mol. The first kappa shape index (κ1) is 13.3. The van der Waals surface area contributed by atoms with E-state index in [2.05, 4.69) is 0 Å². The zero-order valence-corrected chi connectivity index (χ0v) is 11.2. The maximum atomic E-state index is 12.6. The van der Waals surface area contributed by atoms with E-state index >= 15 is 0 Å². The highest BCUT2D eigenvalue weighted by Crippen LogP contribution is 2.37. The molecule has 2 rings (SSSR count). The van der Waals surface area contributed by atoms with Crippen molar-refractivity contribution in [3.05, 3.63) is 0 Å². The third-order valence-electron chi connectivity index (χ3n) is 4.40. The number of piperazine rings is 1. The van der Waals surface area contributed by atoms with E-state index in [1.54, 1.807) is 16.8 Å². The number of nitrogens with zero attached hydrogens (tertiary/aromatic N) is 2. The molecule has 5 heteroatoms. The molecule has 1 aliphatic heterocycles. The third-order valence-corrected chi connectivity index (χ3v) is 4.40. The summed E-state index contributed by atoms with van der Waals surface area (Å²) in [5, 5.41) is 0. The first-order valence-electron chi connectivity index (χ1n) is 6.82. The van der Waals surface area contributed by atoms with Crippen molar-refractivity contribution in [3.63, 3.8) is 0 Å². The lowest BCUT2D eigenvalue weighted by Crippen LogP contribution is -2.56. The van der Waals surface area contributed by atoms with Gasteiger partial charge in [-0.1, -0.05) is 19.3 Å². The molecule has 0 unspecified atom stereocenters. The molecule has 2 fully saturated rings. The number of carbonyl (C=O) groups is 2. The van der Waals surface area contributed by atoms with Crippen molar-refractivity contribution in [2.75, 3.05) is 33.2 Å². The predicted octanol–water partition coefficient (Wildman–Crippen LogP) is 0.196. The van der Waals surface area contributed by atoms with E-state index in [0.717, 1.165) is 25.7 Å². The summed E-state index contributed by atoms with van der Waals surface area (Å²) in [6.45, 7) is 1.90. The molecule has 1 saturated carbocycles. The van der Waals surface area contributed by atoms with Gasteiger partial charge in [-0.05, 0) is 12.8 Å². The van der Waals surface area contributed by atoms with E-state index in [1.807, 2.05) is 0 Å². The van der Waals surface area contributed by atoms with Gasteiger partial charge in [-0.25, -0.2) is 0 Å². The number of hydrogen-bond acceptors (Lipinski definition) is 3. The summed E-state index contributed by atoms with van der Waals surface area (Å²) in [7, 11) is 1.78. The van der Waals surface area contributed by atoms with Gasteiger partial charge in [-0.15, -0.1) is 0 Å². The average Bonchev–Trinajstić information content (AvgIpc) is 2.42. The van der Waals surface area contributed by atoms with Crippen LogP contribution in [0.1, 0.15) is 32.1 Å². The molecule has 1 saturated heterocycles.